The minimum absolute atomic E-state index is 0.692. The molecule has 0 aliphatic rings. The maximum Gasteiger partial charge on any atom is 0.125 e. The monoisotopic (exact) mass is 193 g/mol. The summed E-state index contributed by atoms with van der Waals surface area (Å²) in [5, 5.41) is 10.4. The average Bonchev–Trinajstić information content (AvgIpc) is 2.61. The van der Waals surface area contributed by atoms with E-state index in [-0.39, 0.29) is 0 Å². The smallest absolute Gasteiger partial charge is 0.125 e. The summed E-state index contributed by atoms with van der Waals surface area (Å²) in [6.45, 7) is 0. The quantitative estimate of drug-likeness (QED) is 0.770. The van der Waals surface area contributed by atoms with E-state index in [9.17, 15) is 0 Å². The van der Waals surface area contributed by atoms with Gasteiger partial charge in [-0.05, 0) is 12.1 Å². The molecular weight excluding hydrogens is 186 g/mol. The lowest BCUT2D eigenvalue weighted by molar-refractivity contribution is 1.09. The van der Waals surface area contributed by atoms with E-state index in [0.717, 1.165) is 11.5 Å². The number of aromatic amines is 1. The molecule has 0 saturated heterocycles. The first-order valence-electron chi connectivity index (χ1n) is 3.87. The maximum atomic E-state index is 5.94. The number of benzene rings is 1. The predicted octanol–water partition coefficient (Wildman–Crippen LogP) is 2.81. The highest BCUT2D eigenvalue weighted by Gasteiger charge is 1.98. The summed E-state index contributed by atoms with van der Waals surface area (Å²) in [5.41, 5.74) is 0.869. The first-order chi connectivity index (χ1) is 6.36. The number of nitrogens with one attached hydrogen (secondary N) is 2. The van der Waals surface area contributed by atoms with Crippen LogP contribution in [0.4, 0.5) is 11.5 Å². The fourth-order valence-electron chi connectivity index (χ4n) is 1.03. The number of para-hydroxylation sites is 1. The molecule has 2 rings (SSSR count). The molecule has 0 atom stereocenters. The van der Waals surface area contributed by atoms with Gasteiger partial charge in [0.2, 0.25) is 0 Å². The van der Waals surface area contributed by atoms with Crippen LogP contribution in [-0.4, -0.2) is 10.2 Å². The predicted molar refractivity (Wildman–Crippen MR) is 53.3 cm³/mol. The van der Waals surface area contributed by atoms with Crippen molar-refractivity contribution in [3.8, 4) is 0 Å². The SMILES string of the molecule is Clc1ccccc1Nc1ccn[nH]1. The largest absolute Gasteiger partial charge is 0.339 e. The summed E-state index contributed by atoms with van der Waals surface area (Å²) in [7, 11) is 0. The molecule has 1 aromatic carbocycles. The summed E-state index contributed by atoms with van der Waals surface area (Å²) in [4.78, 5) is 0. The van der Waals surface area contributed by atoms with E-state index >= 15 is 0 Å². The van der Waals surface area contributed by atoms with Crippen molar-refractivity contribution in [3.05, 3.63) is 41.6 Å². The third-order valence-corrected chi connectivity index (χ3v) is 1.97. The van der Waals surface area contributed by atoms with E-state index in [2.05, 4.69) is 15.5 Å². The Balaban J connectivity index is 2.24. The van der Waals surface area contributed by atoms with Crippen molar-refractivity contribution in [3.63, 3.8) is 0 Å². The molecule has 0 aliphatic heterocycles. The fourth-order valence-corrected chi connectivity index (χ4v) is 1.22. The Morgan fingerprint density at radius 2 is 2.08 bits per heavy atom. The number of nitrogens with zero attached hydrogens (tertiary/aromatic N) is 1. The van der Waals surface area contributed by atoms with Crippen molar-refractivity contribution < 1.29 is 0 Å². The van der Waals surface area contributed by atoms with Gasteiger partial charge in [-0.2, -0.15) is 5.10 Å². The standard InChI is InChI=1S/C9H8ClN3/c10-7-3-1-2-4-8(7)12-9-5-6-11-13-9/h1-6H,(H2,11,12,13). The number of hydrogen-bond donors (Lipinski definition) is 2. The fraction of sp³-hybridized carbons (Fsp3) is 0. The Hall–Kier alpha value is -1.48. The van der Waals surface area contributed by atoms with Crippen LogP contribution in [0.25, 0.3) is 0 Å². The van der Waals surface area contributed by atoms with Crippen LogP contribution in [0.3, 0.4) is 0 Å². The molecule has 3 nitrogen and oxygen atoms in total. The summed E-state index contributed by atoms with van der Waals surface area (Å²) in [6.07, 6.45) is 1.68. The van der Waals surface area contributed by atoms with Gasteiger partial charge < -0.3 is 5.32 Å². The maximum absolute atomic E-state index is 5.94. The van der Waals surface area contributed by atoms with Gasteiger partial charge in [0.05, 0.1) is 16.9 Å². The second-order valence-electron chi connectivity index (χ2n) is 2.58. The molecule has 0 radical (unpaired) electrons. The molecule has 66 valence electrons. The highest BCUT2D eigenvalue weighted by Crippen LogP contribution is 2.23. The van der Waals surface area contributed by atoms with E-state index in [4.69, 9.17) is 11.6 Å². The molecule has 0 aliphatic carbocycles. The van der Waals surface area contributed by atoms with Crippen LogP contribution in [0.2, 0.25) is 5.02 Å². The van der Waals surface area contributed by atoms with E-state index < -0.39 is 0 Å². The van der Waals surface area contributed by atoms with Gasteiger partial charge in [0.15, 0.2) is 0 Å². The number of halogens is 1. The first-order valence-corrected chi connectivity index (χ1v) is 4.25. The second kappa shape index (κ2) is 3.49. The lowest BCUT2D eigenvalue weighted by atomic mass is 10.3. The van der Waals surface area contributed by atoms with Gasteiger partial charge in [-0.25, -0.2) is 0 Å². The Labute approximate surface area is 80.7 Å². The van der Waals surface area contributed by atoms with Crippen molar-refractivity contribution in [2.75, 3.05) is 5.32 Å². The van der Waals surface area contributed by atoms with Gasteiger partial charge in [-0.3, -0.25) is 5.10 Å². The van der Waals surface area contributed by atoms with Crippen LogP contribution in [-0.2, 0) is 0 Å². The van der Waals surface area contributed by atoms with Gasteiger partial charge >= 0.3 is 0 Å². The van der Waals surface area contributed by atoms with Gasteiger partial charge in [-0.15, -0.1) is 0 Å². The molecule has 13 heavy (non-hydrogen) atoms. The van der Waals surface area contributed by atoms with Crippen LogP contribution in [0.1, 0.15) is 0 Å². The summed E-state index contributed by atoms with van der Waals surface area (Å²) < 4.78 is 0. The Morgan fingerprint density at radius 1 is 1.23 bits per heavy atom. The minimum Gasteiger partial charge on any atom is -0.339 e. The molecule has 1 aromatic heterocycles. The van der Waals surface area contributed by atoms with Gasteiger partial charge in [-0.1, -0.05) is 23.7 Å². The van der Waals surface area contributed by atoms with Gasteiger partial charge in [0.25, 0.3) is 0 Å². The van der Waals surface area contributed by atoms with Gasteiger partial charge in [0.1, 0.15) is 5.82 Å². The van der Waals surface area contributed by atoms with E-state index in [1.165, 1.54) is 0 Å². The van der Waals surface area contributed by atoms with Crippen LogP contribution < -0.4 is 5.32 Å². The lowest BCUT2D eigenvalue weighted by Gasteiger charge is -2.04. The highest BCUT2D eigenvalue weighted by atomic mass is 35.5. The molecule has 4 heteroatoms. The molecule has 0 amide bonds. The zero-order valence-electron chi connectivity index (χ0n) is 6.79. The van der Waals surface area contributed by atoms with Crippen molar-refractivity contribution in [1.82, 2.24) is 10.2 Å². The van der Waals surface area contributed by atoms with Crippen molar-refractivity contribution in [2.24, 2.45) is 0 Å². The van der Waals surface area contributed by atoms with Crippen molar-refractivity contribution >= 4 is 23.1 Å². The Bertz CT molecular complexity index is 384. The zero-order chi connectivity index (χ0) is 9.10. The topological polar surface area (TPSA) is 40.7 Å². The average molecular weight is 194 g/mol. The zero-order valence-corrected chi connectivity index (χ0v) is 7.55. The van der Waals surface area contributed by atoms with Crippen molar-refractivity contribution in [1.29, 1.82) is 0 Å². The molecule has 0 bridgehead atoms. The first kappa shape index (κ1) is 8.13. The van der Waals surface area contributed by atoms with Crippen LogP contribution >= 0.6 is 11.6 Å². The molecule has 0 saturated carbocycles. The van der Waals surface area contributed by atoms with Crippen molar-refractivity contribution in [2.45, 2.75) is 0 Å². The number of hydrogen-bond acceptors (Lipinski definition) is 2. The van der Waals surface area contributed by atoms with E-state index in [1.807, 2.05) is 30.3 Å². The lowest BCUT2D eigenvalue weighted by Crippen LogP contribution is -1.90. The number of H-pyrrole nitrogens is 1. The minimum atomic E-state index is 0.692. The summed E-state index contributed by atoms with van der Waals surface area (Å²) in [5.74, 6) is 0.827. The summed E-state index contributed by atoms with van der Waals surface area (Å²) in [6, 6.07) is 9.39. The van der Waals surface area contributed by atoms with E-state index in [0.29, 0.717) is 5.02 Å². The molecule has 1 heterocycles. The number of aromatic nitrogens is 2. The number of anilines is 2. The van der Waals surface area contributed by atoms with Gasteiger partial charge in [0, 0.05) is 6.07 Å². The molecule has 0 fully saturated rings. The molecule has 0 unspecified atom stereocenters. The van der Waals surface area contributed by atoms with E-state index in [1.54, 1.807) is 6.20 Å². The molecule has 0 spiro atoms. The third-order valence-electron chi connectivity index (χ3n) is 1.64. The highest BCUT2D eigenvalue weighted by molar-refractivity contribution is 6.33. The third kappa shape index (κ3) is 1.81. The molecule has 2 N–H and O–H groups in total. The normalized spacial score (nSPS) is 9.92. The van der Waals surface area contributed by atoms with Crippen LogP contribution in [0, 0.1) is 0 Å². The van der Waals surface area contributed by atoms with Crippen LogP contribution in [0.5, 0.6) is 0 Å². The summed E-state index contributed by atoms with van der Waals surface area (Å²) >= 11 is 5.94. The molecular formula is C9H8ClN3. The Kier molecular flexibility index (Phi) is 2.19. The molecule has 2 aromatic rings. The van der Waals surface area contributed by atoms with Crippen LogP contribution in [0.15, 0.2) is 36.5 Å². The second-order valence-corrected chi connectivity index (χ2v) is 2.98. The number of rotatable bonds is 2. The Morgan fingerprint density at radius 3 is 2.77 bits per heavy atom.